The zero-order valence-electron chi connectivity index (χ0n) is 11.8. The molecule has 0 saturated heterocycles. The first-order chi connectivity index (χ1) is 9.60. The molecule has 5 heteroatoms. The molecular formula is C15H20N2O3. The molecule has 1 fully saturated rings. The molecule has 2 amide bonds. The van der Waals surface area contributed by atoms with E-state index in [1.54, 1.807) is 24.3 Å². The zero-order valence-corrected chi connectivity index (χ0v) is 11.8. The molecule has 0 unspecified atom stereocenters. The van der Waals surface area contributed by atoms with Crippen LogP contribution in [-0.4, -0.2) is 25.0 Å². The minimum atomic E-state index is -0.146. The van der Waals surface area contributed by atoms with Gasteiger partial charge < -0.3 is 15.4 Å². The Morgan fingerprint density at radius 1 is 1.30 bits per heavy atom. The van der Waals surface area contributed by atoms with Gasteiger partial charge in [0, 0.05) is 18.2 Å². The fourth-order valence-electron chi connectivity index (χ4n) is 1.95. The maximum atomic E-state index is 11.8. The first-order valence-corrected chi connectivity index (χ1v) is 6.90. The van der Waals surface area contributed by atoms with Gasteiger partial charge in [0.05, 0.1) is 0 Å². The third-order valence-electron chi connectivity index (χ3n) is 3.31. The van der Waals surface area contributed by atoms with E-state index < -0.39 is 0 Å². The Balaban J connectivity index is 1.80. The molecule has 1 aliphatic carbocycles. The molecule has 0 bridgehead atoms. The highest BCUT2D eigenvalue weighted by Gasteiger charge is 2.38. The molecule has 0 heterocycles. The van der Waals surface area contributed by atoms with Crippen molar-refractivity contribution in [1.82, 2.24) is 5.32 Å². The van der Waals surface area contributed by atoms with Crippen molar-refractivity contribution in [3.05, 3.63) is 24.3 Å². The first-order valence-electron chi connectivity index (χ1n) is 6.90. The van der Waals surface area contributed by atoms with Gasteiger partial charge in [-0.3, -0.25) is 9.59 Å². The quantitative estimate of drug-likeness (QED) is 0.832. The number of amides is 2. The molecule has 1 aliphatic rings. The van der Waals surface area contributed by atoms with Gasteiger partial charge in [0.1, 0.15) is 5.75 Å². The van der Waals surface area contributed by atoms with E-state index in [1.165, 1.54) is 0 Å². The predicted molar refractivity (Wildman–Crippen MR) is 76.5 cm³/mol. The zero-order chi connectivity index (χ0) is 14.5. The van der Waals surface area contributed by atoms with Gasteiger partial charge in [-0.2, -0.15) is 0 Å². The van der Waals surface area contributed by atoms with E-state index in [9.17, 15) is 9.59 Å². The average Bonchev–Trinajstić information content (AvgIpc) is 3.16. The third-order valence-corrected chi connectivity index (χ3v) is 3.31. The summed E-state index contributed by atoms with van der Waals surface area (Å²) in [5.74, 6) is 1.19. The van der Waals surface area contributed by atoms with E-state index >= 15 is 0 Å². The van der Waals surface area contributed by atoms with Crippen LogP contribution in [0.1, 0.15) is 20.3 Å². The van der Waals surface area contributed by atoms with Gasteiger partial charge in [-0.15, -0.1) is 0 Å². The summed E-state index contributed by atoms with van der Waals surface area (Å²) in [6.07, 6.45) is 0.972. The summed E-state index contributed by atoms with van der Waals surface area (Å²) >= 11 is 0. The second-order valence-electron chi connectivity index (χ2n) is 5.08. The lowest BCUT2D eigenvalue weighted by Crippen LogP contribution is -2.28. The number of ether oxygens (including phenoxy) is 1. The fourth-order valence-corrected chi connectivity index (χ4v) is 1.95. The molecule has 2 atom stereocenters. The summed E-state index contributed by atoms with van der Waals surface area (Å²) in [4.78, 5) is 23.0. The van der Waals surface area contributed by atoms with E-state index in [0.717, 1.165) is 12.1 Å². The number of nitrogens with one attached hydrogen (secondary N) is 2. The summed E-state index contributed by atoms with van der Waals surface area (Å²) in [6.45, 7) is 4.52. The fraction of sp³-hybridized carbons (Fsp3) is 0.467. The highest BCUT2D eigenvalue weighted by Crippen LogP contribution is 2.38. The van der Waals surface area contributed by atoms with Gasteiger partial charge in [-0.1, -0.05) is 6.92 Å². The Bertz CT molecular complexity index is 484. The Morgan fingerprint density at radius 3 is 2.50 bits per heavy atom. The molecule has 0 spiro atoms. The van der Waals surface area contributed by atoms with Crippen LogP contribution in [0, 0.1) is 11.8 Å². The van der Waals surface area contributed by atoms with E-state index in [1.807, 2.05) is 6.92 Å². The number of hydrogen-bond acceptors (Lipinski definition) is 3. The Morgan fingerprint density at radius 2 is 1.95 bits per heavy atom. The van der Waals surface area contributed by atoms with Crippen molar-refractivity contribution in [3.63, 3.8) is 0 Å². The molecule has 2 rings (SSSR count). The number of carbonyl (C=O) groups excluding carboxylic acids is 2. The SMILES string of the molecule is CCNC(=O)COc1ccc(NC(=O)[C@H]2C[C@H]2C)cc1. The third kappa shape index (κ3) is 3.98. The summed E-state index contributed by atoms with van der Waals surface area (Å²) in [7, 11) is 0. The highest BCUT2D eigenvalue weighted by atomic mass is 16.5. The lowest BCUT2D eigenvalue weighted by molar-refractivity contribution is -0.123. The smallest absolute Gasteiger partial charge is 0.257 e. The first kappa shape index (κ1) is 14.4. The Labute approximate surface area is 118 Å². The highest BCUT2D eigenvalue weighted by molar-refractivity contribution is 5.94. The van der Waals surface area contributed by atoms with Gasteiger partial charge in [0.25, 0.3) is 5.91 Å². The molecule has 0 aliphatic heterocycles. The summed E-state index contributed by atoms with van der Waals surface area (Å²) in [5.41, 5.74) is 0.749. The van der Waals surface area contributed by atoms with Crippen LogP contribution in [0.5, 0.6) is 5.75 Å². The average molecular weight is 276 g/mol. The van der Waals surface area contributed by atoms with Gasteiger partial charge in [0.15, 0.2) is 6.61 Å². The number of likely N-dealkylation sites (N-methyl/N-ethyl adjacent to an activating group) is 1. The molecule has 1 saturated carbocycles. The van der Waals surface area contributed by atoms with Crippen LogP contribution in [0.25, 0.3) is 0 Å². The van der Waals surface area contributed by atoms with Crippen molar-refractivity contribution in [2.45, 2.75) is 20.3 Å². The number of benzene rings is 1. The van der Waals surface area contributed by atoms with Crippen LogP contribution >= 0.6 is 0 Å². The lowest BCUT2D eigenvalue weighted by Gasteiger charge is -2.08. The lowest BCUT2D eigenvalue weighted by atomic mass is 10.2. The monoisotopic (exact) mass is 276 g/mol. The topological polar surface area (TPSA) is 67.4 Å². The summed E-state index contributed by atoms with van der Waals surface area (Å²) in [6, 6.07) is 7.03. The van der Waals surface area contributed by atoms with Crippen molar-refractivity contribution in [3.8, 4) is 5.75 Å². The Hall–Kier alpha value is -2.04. The molecule has 108 valence electrons. The van der Waals surface area contributed by atoms with E-state index in [-0.39, 0.29) is 24.3 Å². The van der Waals surface area contributed by atoms with E-state index in [4.69, 9.17) is 4.74 Å². The second-order valence-corrected chi connectivity index (χ2v) is 5.08. The summed E-state index contributed by atoms with van der Waals surface area (Å²) < 4.78 is 5.33. The molecular weight excluding hydrogens is 256 g/mol. The molecule has 1 aromatic carbocycles. The minimum absolute atomic E-state index is 0.000859. The largest absolute Gasteiger partial charge is 0.484 e. The molecule has 2 N–H and O–H groups in total. The standard InChI is InChI=1S/C15H20N2O3/c1-3-16-14(18)9-20-12-6-4-11(5-7-12)17-15(19)13-8-10(13)2/h4-7,10,13H,3,8-9H2,1-2H3,(H,16,18)(H,17,19)/t10-,13+/m1/s1. The molecule has 20 heavy (non-hydrogen) atoms. The van der Waals surface area contributed by atoms with E-state index in [2.05, 4.69) is 17.6 Å². The maximum absolute atomic E-state index is 11.8. The van der Waals surface area contributed by atoms with Crippen LogP contribution in [0.4, 0.5) is 5.69 Å². The van der Waals surface area contributed by atoms with Crippen molar-refractivity contribution in [2.24, 2.45) is 11.8 Å². The molecule has 0 aromatic heterocycles. The van der Waals surface area contributed by atoms with Crippen LogP contribution in [-0.2, 0) is 9.59 Å². The Kier molecular flexibility index (Phi) is 4.61. The predicted octanol–water partition coefficient (Wildman–Crippen LogP) is 1.80. The summed E-state index contributed by atoms with van der Waals surface area (Å²) in [5, 5.41) is 5.53. The number of carbonyl (C=O) groups is 2. The van der Waals surface area contributed by atoms with E-state index in [0.29, 0.717) is 18.2 Å². The molecule has 1 aromatic rings. The maximum Gasteiger partial charge on any atom is 0.257 e. The van der Waals surface area contributed by atoms with Gasteiger partial charge in [0.2, 0.25) is 5.91 Å². The molecule has 0 radical (unpaired) electrons. The molecule has 5 nitrogen and oxygen atoms in total. The van der Waals surface area contributed by atoms with Crippen LogP contribution < -0.4 is 15.4 Å². The number of hydrogen-bond donors (Lipinski definition) is 2. The number of rotatable bonds is 6. The van der Waals surface area contributed by atoms with Crippen molar-refractivity contribution < 1.29 is 14.3 Å². The normalized spacial score (nSPS) is 20.1. The van der Waals surface area contributed by atoms with Crippen molar-refractivity contribution in [1.29, 1.82) is 0 Å². The van der Waals surface area contributed by atoms with Crippen LogP contribution in [0.3, 0.4) is 0 Å². The number of anilines is 1. The minimum Gasteiger partial charge on any atom is -0.484 e. The van der Waals surface area contributed by atoms with Gasteiger partial charge >= 0.3 is 0 Å². The van der Waals surface area contributed by atoms with Crippen LogP contribution in [0.15, 0.2) is 24.3 Å². The van der Waals surface area contributed by atoms with Crippen molar-refractivity contribution >= 4 is 17.5 Å². The van der Waals surface area contributed by atoms with Crippen LogP contribution in [0.2, 0.25) is 0 Å². The second kappa shape index (κ2) is 6.41. The van der Waals surface area contributed by atoms with Crippen molar-refractivity contribution in [2.75, 3.05) is 18.5 Å². The van der Waals surface area contributed by atoms with Gasteiger partial charge in [-0.25, -0.2) is 0 Å². The van der Waals surface area contributed by atoms with Gasteiger partial charge in [-0.05, 0) is 43.5 Å².